The van der Waals surface area contributed by atoms with Gasteiger partial charge in [-0.05, 0) is 42.9 Å². The van der Waals surface area contributed by atoms with Gasteiger partial charge in [-0.3, -0.25) is 0 Å². The van der Waals surface area contributed by atoms with Crippen LogP contribution < -0.4 is 5.32 Å². The van der Waals surface area contributed by atoms with E-state index < -0.39 is 0 Å². The van der Waals surface area contributed by atoms with Gasteiger partial charge >= 0.3 is 0 Å². The molecule has 1 aromatic rings. The molecule has 1 heterocycles. The van der Waals surface area contributed by atoms with E-state index in [2.05, 4.69) is 47.4 Å². The van der Waals surface area contributed by atoms with E-state index in [1.54, 1.807) is 0 Å². The van der Waals surface area contributed by atoms with Gasteiger partial charge in [-0.25, -0.2) is 0 Å². The third-order valence-electron chi connectivity index (χ3n) is 4.87. The molecule has 110 valence electrons. The maximum absolute atomic E-state index is 3.93. The highest BCUT2D eigenvalue weighted by atomic mass is 32.2. The van der Waals surface area contributed by atoms with Gasteiger partial charge in [0.15, 0.2) is 0 Å². The molecule has 1 N–H and O–H groups in total. The van der Waals surface area contributed by atoms with Crippen molar-refractivity contribution in [2.45, 2.75) is 56.2 Å². The summed E-state index contributed by atoms with van der Waals surface area (Å²) in [5, 5.41) is 4.78. The van der Waals surface area contributed by atoms with Crippen molar-refractivity contribution in [3.63, 3.8) is 0 Å². The summed E-state index contributed by atoms with van der Waals surface area (Å²) in [5.74, 6) is 2.21. The Hall–Kier alpha value is -0.470. The standard InChI is InChI=1S/C18H27NS/c1-3-8-15(9-4-1)18(16-10-5-2-6-11-16)19-14-17-12-7-13-20-17/h1,3-4,8-9,16-19H,2,5-7,10-14H2. The second-order valence-electron chi connectivity index (χ2n) is 6.33. The monoisotopic (exact) mass is 289 g/mol. The van der Waals surface area contributed by atoms with Gasteiger partial charge in [-0.2, -0.15) is 11.8 Å². The molecule has 1 aliphatic heterocycles. The Morgan fingerprint density at radius 2 is 1.80 bits per heavy atom. The van der Waals surface area contributed by atoms with Gasteiger partial charge in [0.05, 0.1) is 0 Å². The number of thioether (sulfide) groups is 1. The Morgan fingerprint density at radius 3 is 2.50 bits per heavy atom. The maximum Gasteiger partial charge on any atom is 0.0349 e. The molecular formula is C18H27NS. The lowest BCUT2D eigenvalue weighted by molar-refractivity contribution is 0.271. The minimum absolute atomic E-state index is 0.581. The van der Waals surface area contributed by atoms with E-state index in [1.165, 1.54) is 62.8 Å². The zero-order chi connectivity index (χ0) is 13.6. The van der Waals surface area contributed by atoms with E-state index in [0.29, 0.717) is 6.04 Å². The van der Waals surface area contributed by atoms with Gasteiger partial charge in [-0.15, -0.1) is 0 Å². The third kappa shape index (κ3) is 3.79. The molecule has 0 spiro atoms. The first-order valence-electron chi connectivity index (χ1n) is 8.33. The fourth-order valence-corrected chi connectivity index (χ4v) is 4.96. The molecule has 0 radical (unpaired) electrons. The molecule has 3 rings (SSSR count). The van der Waals surface area contributed by atoms with Crippen molar-refractivity contribution in [2.75, 3.05) is 12.3 Å². The zero-order valence-electron chi connectivity index (χ0n) is 12.4. The van der Waals surface area contributed by atoms with Crippen molar-refractivity contribution < 1.29 is 0 Å². The fourth-order valence-electron chi connectivity index (χ4n) is 3.75. The summed E-state index contributed by atoms with van der Waals surface area (Å²) < 4.78 is 0. The summed E-state index contributed by atoms with van der Waals surface area (Å²) in [5.41, 5.74) is 1.50. The summed E-state index contributed by atoms with van der Waals surface area (Å²) in [6, 6.07) is 11.7. The number of rotatable bonds is 5. The molecule has 2 atom stereocenters. The molecular weight excluding hydrogens is 262 g/mol. The predicted molar refractivity (Wildman–Crippen MR) is 89.2 cm³/mol. The molecule has 2 unspecified atom stereocenters. The largest absolute Gasteiger partial charge is 0.309 e. The Morgan fingerprint density at radius 1 is 1.00 bits per heavy atom. The summed E-state index contributed by atoms with van der Waals surface area (Å²) in [6.45, 7) is 1.20. The van der Waals surface area contributed by atoms with Crippen LogP contribution in [-0.2, 0) is 0 Å². The molecule has 2 heteroatoms. The van der Waals surface area contributed by atoms with Crippen molar-refractivity contribution in [1.82, 2.24) is 5.32 Å². The number of benzene rings is 1. The normalized spacial score (nSPS) is 25.7. The summed E-state index contributed by atoms with van der Waals surface area (Å²) in [4.78, 5) is 0. The molecule has 1 nitrogen and oxygen atoms in total. The van der Waals surface area contributed by atoms with E-state index in [9.17, 15) is 0 Å². The predicted octanol–water partition coefficient (Wildman–Crippen LogP) is 4.79. The molecule has 0 amide bonds. The average Bonchev–Trinajstić information content (AvgIpc) is 3.03. The summed E-state index contributed by atoms with van der Waals surface area (Å²) in [6.07, 6.45) is 9.92. The van der Waals surface area contributed by atoms with Crippen LogP contribution in [0.3, 0.4) is 0 Å². The van der Waals surface area contributed by atoms with E-state index in [1.807, 2.05) is 0 Å². The van der Waals surface area contributed by atoms with Crippen LogP contribution in [0.25, 0.3) is 0 Å². The average molecular weight is 289 g/mol. The highest BCUT2D eigenvalue weighted by molar-refractivity contribution is 8.00. The number of hydrogen-bond donors (Lipinski definition) is 1. The first kappa shape index (κ1) is 14.5. The first-order chi connectivity index (χ1) is 9.93. The van der Waals surface area contributed by atoms with Gasteiger partial charge in [0, 0.05) is 17.8 Å². The number of nitrogens with one attached hydrogen (secondary N) is 1. The van der Waals surface area contributed by atoms with Crippen LogP contribution in [0, 0.1) is 5.92 Å². The van der Waals surface area contributed by atoms with Crippen LogP contribution >= 0.6 is 11.8 Å². The van der Waals surface area contributed by atoms with Crippen LogP contribution in [0.1, 0.15) is 56.6 Å². The van der Waals surface area contributed by atoms with Gasteiger partial charge in [0.25, 0.3) is 0 Å². The molecule has 0 bridgehead atoms. The molecule has 1 aliphatic carbocycles. The molecule has 0 aromatic heterocycles. The van der Waals surface area contributed by atoms with E-state index >= 15 is 0 Å². The van der Waals surface area contributed by atoms with Crippen molar-refractivity contribution >= 4 is 11.8 Å². The molecule has 2 aliphatic rings. The summed E-state index contributed by atoms with van der Waals surface area (Å²) >= 11 is 2.16. The van der Waals surface area contributed by atoms with Crippen molar-refractivity contribution in [2.24, 2.45) is 5.92 Å². The topological polar surface area (TPSA) is 12.0 Å². The van der Waals surface area contributed by atoms with Gasteiger partial charge in [-0.1, -0.05) is 49.6 Å². The lowest BCUT2D eigenvalue weighted by atomic mass is 9.81. The Balaban J connectivity index is 1.65. The second kappa shape index (κ2) is 7.51. The highest BCUT2D eigenvalue weighted by Crippen LogP contribution is 2.35. The molecule has 1 aromatic carbocycles. The van der Waals surface area contributed by atoms with E-state index in [-0.39, 0.29) is 0 Å². The Kier molecular flexibility index (Phi) is 5.43. The van der Waals surface area contributed by atoms with Crippen LogP contribution in [0.4, 0.5) is 0 Å². The van der Waals surface area contributed by atoms with Crippen LogP contribution in [0.15, 0.2) is 30.3 Å². The van der Waals surface area contributed by atoms with Gasteiger partial charge in [0.1, 0.15) is 0 Å². The van der Waals surface area contributed by atoms with Crippen molar-refractivity contribution in [1.29, 1.82) is 0 Å². The quantitative estimate of drug-likeness (QED) is 0.836. The SMILES string of the molecule is c1ccc(C(NCC2CCCS2)C2CCCCC2)cc1. The van der Waals surface area contributed by atoms with E-state index in [4.69, 9.17) is 0 Å². The molecule has 20 heavy (non-hydrogen) atoms. The zero-order valence-corrected chi connectivity index (χ0v) is 13.2. The lowest BCUT2D eigenvalue weighted by Gasteiger charge is -2.32. The van der Waals surface area contributed by atoms with Crippen molar-refractivity contribution in [3.8, 4) is 0 Å². The van der Waals surface area contributed by atoms with Crippen LogP contribution in [-0.4, -0.2) is 17.5 Å². The van der Waals surface area contributed by atoms with Gasteiger partial charge < -0.3 is 5.32 Å². The minimum Gasteiger partial charge on any atom is -0.309 e. The Bertz CT molecular complexity index is 380. The minimum atomic E-state index is 0.581. The summed E-state index contributed by atoms with van der Waals surface area (Å²) in [7, 11) is 0. The van der Waals surface area contributed by atoms with Gasteiger partial charge in [0.2, 0.25) is 0 Å². The van der Waals surface area contributed by atoms with Crippen LogP contribution in [0.5, 0.6) is 0 Å². The molecule has 2 fully saturated rings. The first-order valence-corrected chi connectivity index (χ1v) is 9.38. The molecule has 1 saturated heterocycles. The third-order valence-corrected chi connectivity index (χ3v) is 6.27. The van der Waals surface area contributed by atoms with Crippen molar-refractivity contribution in [3.05, 3.63) is 35.9 Å². The Labute approximate surface area is 127 Å². The smallest absolute Gasteiger partial charge is 0.0349 e. The second-order valence-corrected chi connectivity index (χ2v) is 7.74. The fraction of sp³-hybridized carbons (Fsp3) is 0.667. The maximum atomic E-state index is 3.93. The highest BCUT2D eigenvalue weighted by Gasteiger charge is 2.26. The van der Waals surface area contributed by atoms with Crippen LogP contribution in [0.2, 0.25) is 0 Å². The number of hydrogen-bond acceptors (Lipinski definition) is 2. The lowest BCUT2D eigenvalue weighted by Crippen LogP contribution is -2.33. The molecule has 1 saturated carbocycles. The van der Waals surface area contributed by atoms with E-state index in [0.717, 1.165) is 11.2 Å².